The van der Waals surface area contributed by atoms with Crippen molar-refractivity contribution in [3.63, 3.8) is 0 Å². The molecule has 1 N–H and O–H groups in total. The summed E-state index contributed by atoms with van der Waals surface area (Å²) in [4.78, 5) is 2.50. The Morgan fingerprint density at radius 1 is 0.972 bits per heavy atom. The maximum Gasteiger partial charge on any atom is 0.129 e. The van der Waals surface area contributed by atoms with E-state index in [1.165, 1.54) is 5.56 Å². The van der Waals surface area contributed by atoms with Crippen LogP contribution in [0.1, 0.15) is 126 Å². The third-order valence-corrected chi connectivity index (χ3v) is 8.46. The van der Waals surface area contributed by atoms with Crippen LogP contribution in [0.25, 0.3) is 0 Å². The average molecular weight is 498 g/mol. The molecule has 36 heavy (non-hydrogen) atoms. The van der Waals surface area contributed by atoms with Crippen LogP contribution in [0.5, 0.6) is 5.75 Å². The van der Waals surface area contributed by atoms with Gasteiger partial charge >= 0.3 is 0 Å². The van der Waals surface area contributed by atoms with Gasteiger partial charge in [-0.1, -0.05) is 73.4 Å². The lowest BCUT2D eigenvalue weighted by Crippen LogP contribution is -2.61. The van der Waals surface area contributed by atoms with Crippen molar-refractivity contribution in [1.82, 2.24) is 4.90 Å². The van der Waals surface area contributed by atoms with Gasteiger partial charge in [0.05, 0.1) is 6.10 Å². The predicted molar refractivity (Wildman–Crippen MR) is 155 cm³/mol. The highest BCUT2D eigenvalue weighted by molar-refractivity contribution is 5.50. The molecule has 1 aliphatic heterocycles. The molecule has 2 unspecified atom stereocenters. The maximum absolute atomic E-state index is 11.2. The molecule has 1 heterocycles. The van der Waals surface area contributed by atoms with Crippen LogP contribution in [0, 0.1) is 17.8 Å². The zero-order valence-corrected chi connectivity index (χ0v) is 25.9. The monoisotopic (exact) mass is 497 g/mol. The number of phenols is 1. The van der Waals surface area contributed by atoms with Gasteiger partial charge in [-0.15, -0.1) is 5.92 Å². The Labute approximate surface area is 223 Å². The number of nitrogens with zero attached hydrogens (tertiary/aromatic N) is 1. The van der Waals surface area contributed by atoms with E-state index in [-0.39, 0.29) is 33.9 Å². The van der Waals surface area contributed by atoms with Crippen LogP contribution in [0.15, 0.2) is 12.1 Å². The predicted octanol–water partition coefficient (Wildman–Crippen LogP) is 8.01. The second-order valence-electron chi connectivity index (χ2n) is 14.7. The van der Waals surface area contributed by atoms with Gasteiger partial charge < -0.3 is 9.84 Å². The molecule has 0 saturated carbocycles. The number of ether oxygens (including phenoxy) is 1. The summed E-state index contributed by atoms with van der Waals surface area (Å²) in [5, 5.41) is 11.2. The molecule has 2 rings (SSSR count). The topological polar surface area (TPSA) is 32.7 Å². The van der Waals surface area contributed by atoms with Crippen LogP contribution >= 0.6 is 0 Å². The number of hydrogen-bond acceptors (Lipinski definition) is 3. The van der Waals surface area contributed by atoms with Crippen molar-refractivity contribution in [2.75, 3.05) is 7.05 Å². The fraction of sp³-hybridized carbons (Fsp3) is 0.758. The average Bonchev–Trinajstić information content (AvgIpc) is 2.69. The fourth-order valence-corrected chi connectivity index (χ4v) is 5.75. The summed E-state index contributed by atoms with van der Waals surface area (Å²) < 4.78 is 7.00. The molecule has 0 aliphatic carbocycles. The third-order valence-electron chi connectivity index (χ3n) is 8.46. The number of hydrogen-bond donors (Lipinski definition) is 1. The lowest BCUT2D eigenvalue weighted by molar-refractivity contribution is -0.143. The summed E-state index contributed by atoms with van der Waals surface area (Å²) in [6.07, 6.45) is 3.80. The fourth-order valence-electron chi connectivity index (χ4n) is 5.75. The van der Waals surface area contributed by atoms with Gasteiger partial charge in [0.2, 0.25) is 0 Å². The van der Waals surface area contributed by atoms with Gasteiger partial charge in [0.1, 0.15) is 11.4 Å². The molecule has 204 valence electrons. The van der Waals surface area contributed by atoms with Crippen LogP contribution in [-0.2, 0) is 22.0 Å². The molecule has 1 aromatic carbocycles. The quantitative estimate of drug-likeness (QED) is 0.418. The van der Waals surface area contributed by atoms with Crippen molar-refractivity contribution in [1.29, 1.82) is 0 Å². The zero-order chi connectivity index (χ0) is 27.9. The van der Waals surface area contributed by atoms with Crippen molar-refractivity contribution < 1.29 is 9.84 Å². The van der Waals surface area contributed by atoms with E-state index in [1.54, 1.807) is 0 Å². The summed E-state index contributed by atoms with van der Waals surface area (Å²) >= 11 is 0. The largest absolute Gasteiger partial charge is 0.507 e. The van der Waals surface area contributed by atoms with Crippen LogP contribution in [0.3, 0.4) is 0 Å². The van der Waals surface area contributed by atoms with Crippen LogP contribution in [0.2, 0.25) is 0 Å². The van der Waals surface area contributed by atoms with Crippen LogP contribution in [0.4, 0.5) is 0 Å². The van der Waals surface area contributed by atoms with Crippen molar-refractivity contribution in [3.8, 4) is 17.6 Å². The van der Waals surface area contributed by atoms with E-state index in [0.717, 1.165) is 36.8 Å². The molecule has 2 atom stereocenters. The lowest BCUT2D eigenvalue weighted by Gasteiger charge is -2.54. The van der Waals surface area contributed by atoms with Crippen molar-refractivity contribution in [2.45, 2.75) is 149 Å². The van der Waals surface area contributed by atoms with Crippen LogP contribution in [-0.4, -0.2) is 39.8 Å². The normalized spacial score (nSPS) is 21.4. The molecule has 0 amide bonds. The highest BCUT2D eigenvalue weighted by Gasteiger charge is 2.46. The molecule has 3 heteroatoms. The molecule has 3 nitrogen and oxygen atoms in total. The second kappa shape index (κ2) is 10.3. The van der Waals surface area contributed by atoms with Crippen molar-refractivity contribution >= 4 is 0 Å². The number of rotatable bonds is 5. The first kappa shape index (κ1) is 30.7. The van der Waals surface area contributed by atoms with Crippen LogP contribution < -0.4 is 0 Å². The SMILES string of the molecule is CCC#CC(C)(OC1CC(C)(C)N(C)C(C)(C)C1)C(C)Cc1cc(C(C)(C)C)c(O)c(C(C)(C)C)c1. The number of aromatic hydroxyl groups is 1. The molecule has 0 spiro atoms. The second-order valence-corrected chi connectivity index (χ2v) is 14.7. The van der Waals surface area contributed by atoms with Gasteiger partial charge in [0, 0.05) is 23.4 Å². The molecule has 0 radical (unpaired) electrons. The van der Waals surface area contributed by atoms with Gasteiger partial charge in [0.15, 0.2) is 0 Å². The summed E-state index contributed by atoms with van der Waals surface area (Å²) in [5.74, 6) is 7.52. The van der Waals surface area contributed by atoms with E-state index in [9.17, 15) is 5.11 Å². The summed E-state index contributed by atoms with van der Waals surface area (Å²) in [6.45, 7) is 28.9. The van der Waals surface area contributed by atoms with Crippen molar-refractivity contribution in [3.05, 3.63) is 28.8 Å². The van der Waals surface area contributed by atoms with Gasteiger partial charge in [-0.05, 0) is 88.4 Å². The van der Waals surface area contributed by atoms with E-state index < -0.39 is 5.60 Å². The summed E-state index contributed by atoms with van der Waals surface area (Å²) in [5.41, 5.74) is 2.56. The molecule has 1 saturated heterocycles. The number of piperidine rings is 1. The third kappa shape index (κ3) is 6.87. The van der Waals surface area contributed by atoms with E-state index in [2.05, 4.69) is 126 Å². The molecule has 1 fully saturated rings. The Morgan fingerprint density at radius 2 is 1.42 bits per heavy atom. The highest BCUT2D eigenvalue weighted by atomic mass is 16.5. The highest BCUT2D eigenvalue weighted by Crippen LogP contribution is 2.43. The summed E-state index contributed by atoms with van der Waals surface area (Å²) in [7, 11) is 2.24. The Kier molecular flexibility index (Phi) is 8.82. The van der Waals surface area contributed by atoms with E-state index in [0.29, 0.717) is 5.75 Å². The van der Waals surface area contributed by atoms with Gasteiger partial charge in [-0.2, -0.15) is 0 Å². The van der Waals surface area contributed by atoms with Crippen molar-refractivity contribution in [2.24, 2.45) is 5.92 Å². The first-order valence-corrected chi connectivity index (χ1v) is 13.9. The first-order chi connectivity index (χ1) is 16.1. The minimum atomic E-state index is -0.551. The molecule has 1 aromatic rings. The zero-order valence-electron chi connectivity index (χ0n) is 25.9. The summed E-state index contributed by atoms with van der Waals surface area (Å²) in [6, 6.07) is 4.41. The number of likely N-dealkylation sites (tertiary alicyclic amines) is 1. The Balaban J connectivity index is 2.46. The molecule has 0 bridgehead atoms. The van der Waals surface area contributed by atoms with E-state index in [4.69, 9.17) is 4.74 Å². The molecule has 1 aliphatic rings. The van der Waals surface area contributed by atoms with Gasteiger partial charge in [-0.3, -0.25) is 4.90 Å². The Bertz CT molecular complexity index is 927. The van der Waals surface area contributed by atoms with E-state index in [1.807, 2.05) is 0 Å². The van der Waals surface area contributed by atoms with E-state index >= 15 is 0 Å². The Morgan fingerprint density at radius 3 is 1.81 bits per heavy atom. The molecular weight excluding hydrogens is 442 g/mol. The number of benzene rings is 1. The smallest absolute Gasteiger partial charge is 0.129 e. The molecule has 0 aromatic heterocycles. The minimum absolute atomic E-state index is 0.0644. The van der Waals surface area contributed by atoms with Gasteiger partial charge in [-0.25, -0.2) is 0 Å². The standard InChI is InChI=1S/C33H55NO2/c1-15-16-17-33(13,36-25-21-31(9,10)34(14)32(11,12)22-25)23(2)18-24-19-26(29(3,4)5)28(35)27(20-24)30(6,7)8/h19-20,23,25,35H,15,18,21-22H2,1-14H3. The maximum atomic E-state index is 11.2. The lowest BCUT2D eigenvalue weighted by atomic mass is 9.76. The molecular formula is C33H55NO2. The minimum Gasteiger partial charge on any atom is -0.507 e. The Hall–Kier alpha value is -1.50. The van der Waals surface area contributed by atoms with Gasteiger partial charge in [0.25, 0.3) is 0 Å². The first-order valence-electron chi connectivity index (χ1n) is 13.9. The number of phenolic OH excluding ortho intramolecular Hbond substituents is 1.